The van der Waals surface area contributed by atoms with Crippen LogP contribution in [0.4, 0.5) is 8.78 Å². The van der Waals surface area contributed by atoms with Crippen molar-refractivity contribution < 1.29 is 13.5 Å². The van der Waals surface area contributed by atoms with Crippen molar-refractivity contribution in [2.75, 3.05) is 0 Å². The zero-order chi connectivity index (χ0) is 13.1. The lowest BCUT2D eigenvalue weighted by Gasteiger charge is -2.03. The van der Waals surface area contributed by atoms with Gasteiger partial charge in [0, 0.05) is 12.3 Å². The summed E-state index contributed by atoms with van der Waals surface area (Å²) in [6.45, 7) is -1.03. The molecule has 2 aromatic heterocycles. The third-order valence-corrected chi connectivity index (χ3v) is 2.29. The molecular formula is C11H10BF2N3O. The second kappa shape index (κ2) is 5.16. The van der Waals surface area contributed by atoms with E-state index >= 15 is 0 Å². The standard InChI is InChI=1S/C11H10BF2N3O/c1-7-15-8(5-17(7)11(13)14)6-18-10-4-2-3-9(12)16-10/h2-5,11H,6H2,1H3. The number of halogens is 2. The molecule has 4 nitrogen and oxygen atoms in total. The lowest BCUT2D eigenvalue weighted by Crippen LogP contribution is -2.09. The van der Waals surface area contributed by atoms with Crippen molar-refractivity contribution in [3.8, 4) is 5.88 Å². The van der Waals surface area contributed by atoms with Gasteiger partial charge in [0.2, 0.25) is 5.88 Å². The monoisotopic (exact) mass is 249 g/mol. The van der Waals surface area contributed by atoms with E-state index in [0.717, 1.165) is 4.57 Å². The maximum atomic E-state index is 12.5. The molecule has 7 heteroatoms. The van der Waals surface area contributed by atoms with Gasteiger partial charge in [-0.2, -0.15) is 8.78 Å². The summed E-state index contributed by atoms with van der Waals surface area (Å²) >= 11 is 0. The maximum absolute atomic E-state index is 12.5. The Morgan fingerprint density at radius 2 is 2.17 bits per heavy atom. The van der Waals surface area contributed by atoms with E-state index in [2.05, 4.69) is 9.97 Å². The fourth-order valence-electron chi connectivity index (χ4n) is 1.47. The highest BCUT2D eigenvalue weighted by atomic mass is 19.3. The number of aromatic nitrogens is 3. The SMILES string of the molecule is [B]c1cccc(OCc2cn(C(F)F)c(C)n2)n1. The molecule has 0 aromatic carbocycles. The Labute approximate surface area is 104 Å². The molecule has 2 heterocycles. The van der Waals surface area contributed by atoms with Gasteiger partial charge in [-0.25, -0.2) is 9.97 Å². The van der Waals surface area contributed by atoms with Gasteiger partial charge in [0.15, 0.2) is 0 Å². The molecule has 0 aliphatic carbocycles. The molecule has 0 saturated carbocycles. The molecule has 0 unspecified atom stereocenters. The molecule has 0 spiro atoms. The minimum Gasteiger partial charge on any atom is -0.471 e. The normalized spacial score (nSPS) is 10.9. The average Bonchev–Trinajstić information content (AvgIpc) is 2.68. The predicted octanol–water partition coefficient (Wildman–Crippen LogP) is 1.35. The van der Waals surface area contributed by atoms with E-state index in [1.54, 1.807) is 18.2 Å². The topological polar surface area (TPSA) is 39.9 Å². The number of aryl methyl sites for hydroxylation is 1. The van der Waals surface area contributed by atoms with E-state index in [1.165, 1.54) is 13.1 Å². The van der Waals surface area contributed by atoms with E-state index in [4.69, 9.17) is 12.6 Å². The molecule has 0 saturated heterocycles. The fourth-order valence-corrected chi connectivity index (χ4v) is 1.47. The summed E-state index contributed by atoms with van der Waals surface area (Å²) in [5, 5.41) is 0. The summed E-state index contributed by atoms with van der Waals surface area (Å²) in [4.78, 5) is 7.89. The highest BCUT2D eigenvalue weighted by Gasteiger charge is 2.12. The summed E-state index contributed by atoms with van der Waals surface area (Å²) in [5.74, 6) is 0.573. The Bertz CT molecular complexity index is 545. The first-order chi connectivity index (χ1) is 8.56. The van der Waals surface area contributed by atoms with E-state index in [-0.39, 0.29) is 12.4 Å². The minimum atomic E-state index is -2.60. The number of ether oxygens (including phenoxy) is 1. The van der Waals surface area contributed by atoms with Crippen LogP contribution in [0.25, 0.3) is 0 Å². The molecular weight excluding hydrogens is 239 g/mol. The largest absolute Gasteiger partial charge is 0.471 e. The van der Waals surface area contributed by atoms with Gasteiger partial charge in [0.1, 0.15) is 20.3 Å². The van der Waals surface area contributed by atoms with Gasteiger partial charge >= 0.3 is 6.55 Å². The van der Waals surface area contributed by atoms with E-state index in [0.29, 0.717) is 17.2 Å². The van der Waals surface area contributed by atoms with Crippen molar-refractivity contribution >= 4 is 13.4 Å². The van der Waals surface area contributed by atoms with Crippen LogP contribution in [0.1, 0.15) is 18.1 Å². The Balaban J connectivity index is 2.04. The quantitative estimate of drug-likeness (QED) is 0.768. The Morgan fingerprint density at radius 3 is 2.78 bits per heavy atom. The van der Waals surface area contributed by atoms with Crippen molar-refractivity contribution in [2.45, 2.75) is 20.1 Å². The van der Waals surface area contributed by atoms with Gasteiger partial charge < -0.3 is 4.74 Å². The summed E-state index contributed by atoms with van der Waals surface area (Å²) in [5.41, 5.74) is 0.749. The predicted molar refractivity (Wildman–Crippen MR) is 62.2 cm³/mol. The van der Waals surface area contributed by atoms with Crippen molar-refractivity contribution in [1.29, 1.82) is 0 Å². The first-order valence-corrected chi connectivity index (χ1v) is 5.24. The number of hydrogen-bond donors (Lipinski definition) is 0. The molecule has 2 radical (unpaired) electrons. The highest BCUT2D eigenvalue weighted by Crippen LogP contribution is 2.15. The fraction of sp³-hybridized carbons (Fsp3) is 0.273. The van der Waals surface area contributed by atoms with Crippen LogP contribution in [-0.4, -0.2) is 22.4 Å². The zero-order valence-corrected chi connectivity index (χ0v) is 9.68. The van der Waals surface area contributed by atoms with Gasteiger partial charge in [-0.15, -0.1) is 0 Å². The van der Waals surface area contributed by atoms with Crippen LogP contribution in [0.3, 0.4) is 0 Å². The first kappa shape index (κ1) is 12.5. The number of nitrogens with zero attached hydrogens (tertiary/aromatic N) is 3. The van der Waals surface area contributed by atoms with Crippen LogP contribution in [0.15, 0.2) is 24.4 Å². The maximum Gasteiger partial charge on any atom is 0.319 e. The van der Waals surface area contributed by atoms with E-state index in [9.17, 15) is 8.78 Å². The van der Waals surface area contributed by atoms with Crippen LogP contribution in [-0.2, 0) is 6.61 Å². The molecule has 18 heavy (non-hydrogen) atoms. The molecule has 0 aliphatic rings. The molecule has 0 atom stereocenters. The minimum absolute atomic E-state index is 0.0665. The molecule has 0 aliphatic heterocycles. The molecule has 0 fully saturated rings. The van der Waals surface area contributed by atoms with Crippen LogP contribution in [0.5, 0.6) is 5.88 Å². The van der Waals surface area contributed by atoms with Crippen molar-refractivity contribution in [3.05, 3.63) is 35.9 Å². The van der Waals surface area contributed by atoms with Gasteiger partial charge in [-0.3, -0.25) is 4.57 Å². The van der Waals surface area contributed by atoms with Crippen molar-refractivity contribution in [3.63, 3.8) is 0 Å². The van der Waals surface area contributed by atoms with Gasteiger partial charge in [0.05, 0.1) is 5.69 Å². The first-order valence-electron chi connectivity index (χ1n) is 5.24. The number of pyridine rings is 1. The lowest BCUT2D eigenvalue weighted by atomic mass is 10.0. The molecule has 2 aromatic rings. The number of rotatable bonds is 4. The van der Waals surface area contributed by atoms with E-state index in [1.807, 2.05) is 0 Å². The Kier molecular flexibility index (Phi) is 3.59. The smallest absolute Gasteiger partial charge is 0.319 e. The Hall–Kier alpha value is -1.92. The second-order valence-corrected chi connectivity index (χ2v) is 3.65. The van der Waals surface area contributed by atoms with Gasteiger partial charge in [-0.1, -0.05) is 12.1 Å². The van der Waals surface area contributed by atoms with Crippen molar-refractivity contribution in [1.82, 2.24) is 14.5 Å². The molecule has 0 N–H and O–H groups in total. The third-order valence-electron chi connectivity index (χ3n) is 2.29. The van der Waals surface area contributed by atoms with Gasteiger partial charge in [0.25, 0.3) is 0 Å². The third kappa shape index (κ3) is 2.85. The lowest BCUT2D eigenvalue weighted by molar-refractivity contribution is 0.0678. The molecule has 2 rings (SSSR count). The summed E-state index contributed by atoms with van der Waals surface area (Å²) in [7, 11) is 5.49. The summed E-state index contributed by atoms with van der Waals surface area (Å²) in [6, 6.07) is 4.95. The summed E-state index contributed by atoms with van der Waals surface area (Å²) in [6.07, 6.45) is 1.26. The van der Waals surface area contributed by atoms with Crippen LogP contribution in [0, 0.1) is 6.92 Å². The van der Waals surface area contributed by atoms with Gasteiger partial charge in [-0.05, 0) is 12.5 Å². The number of imidazole rings is 1. The van der Waals surface area contributed by atoms with Crippen LogP contribution >= 0.6 is 0 Å². The number of alkyl halides is 2. The summed E-state index contributed by atoms with van der Waals surface area (Å²) < 4.78 is 31.1. The second-order valence-electron chi connectivity index (χ2n) is 3.65. The molecule has 0 amide bonds. The Morgan fingerprint density at radius 1 is 1.39 bits per heavy atom. The highest BCUT2D eigenvalue weighted by molar-refractivity contribution is 6.30. The zero-order valence-electron chi connectivity index (χ0n) is 9.68. The molecule has 0 bridgehead atoms. The van der Waals surface area contributed by atoms with E-state index < -0.39 is 6.55 Å². The molecule has 92 valence electrons. The van der Waals surface area contributed by atoms with Crippen LogP contribution in [0.2, 0.25) is 0 Å². The van der Waals surface area contributed by atoms with Crippen LogP contribution < -0.4 is 10.3 Å². The van der Waals surface area contributed by atoms with Crippen molar-refractivity contribution in [2.24, 2.45) is 0 Å². The number of hydrogen-bond acceptors (Lipinski definition) is 3. The average molecular weight is 249 g/mol.